The Kier molecular flexibility index (Phi) is 7.29. The Balaban J connectivity index is 0.000000423. The largest absolute Gasteiger partial charge is 0.466 e. The number of primary amides is 1. The van der Waals surface area contributed by atoms with Crippen molar-refractivity contribution in [2.45, 2.75) is 6.61 Å². The minimum atomic E-state index is -0.639. The van der Waals surface area contributed by atoms with Gasteiger partial charge in [0, 0.05) is 12.4 Å². The highest BCUT2D eigenvalue weighted by atomic mass is 32.1. The number of nitrogens with zero attached hydrogens (tertiary/aromatic N) is 1. The lowest BCUT2D eigenvalue weighted by Gasteiger charge is -2.01. The molecule has 0 aromatic carbocycles. The van der Waals surface area contributed by atoms with Crippen molar-refractivity contribution in [3.63, 3.8) is 0 Å². The number of hydrogen-bond acceptors (Lipinski definition) is 4. The fraction of sp³-hybridized carbons (Fsp3) is 0.125. The summed E-state index contributed by atoms with van der Waals surface area (Å²) in [5.74, 6) is 0. The Morgan fingerprint density at radius 3 is 2.33 bits per heavy atom. The number of aromatic nitrogens is 1. The molecule has 0 saturated heterocycles. The SMILES string of the molecule is NC(=O)S.NC(=S)OCc1ccncc1. The minimum Gasteiger partial charge on any atom is -0.466 e. The lowest BCUT2D eigenvalue weighted by molar-refractivity contribution is 0.267. The summed E-state index contributed by atoms with van der Waals surface area (Å²) in [5, 5.41) is -0.568. The zero-order chi connectivity index (χ0) is 11.7. The number of amides is 1. The second-order valence-electron chi connectivity index (χ2n) is 2.30. The van der Waals surface area contributed by atoms with Gasteiger partial charge in [-0.2, -0.15) is 0 Å². The van der Waals surface area contributed by atoms with Crippen molar-refractivity contribution in [2.24, 2.45) is 11.5 Å². The second kappa shape index (κ2) is 8.01. The van der Waals surface area contributed by atoms with Crippen molar-refractivity contribution in [1.82, 2.24) is 4.98 Å². The average molecular weight is 245 g/mol. The maximum Gasteiger partial charge on any atom is 0.273 e. The van der Waals surface area contributed by atoms with Crippen molar-refractivity contribution in [3.05, 3.63) is 30.1 Å². The van der Waals surface area contributed by atoms with Crippen molar-refractivity contribution < 1.29 is 9.53 Å². The van der Waals surface area contributed by atoms with Crippen LogP contribution in [0.25, 0.3) is 0 Å². The molecule has 4 N–H and O–H groups in total. The molecule has 15 heavy (non-hydrogen) atoms. The number of nitrogens with two attached hydrogens (primary N) is 2. The highest BCUT2D eigenvalue weighted by Crippen LogP contribution is 1.97. The summed E-state index contributed by atoms with van der Waals surface area (Å²) < 4.78 is 4.91. The fourth-order valence-electron chi connectivity index (χ4n) is 0.633. The number of ether oxygens (including phenoxy) is 1. The van der Waals surface area contributed by atoms with Gasteiger partial charge < -0.3 is 16.2 Å². The molecule has 0 fully saturated rings. The van der Waals surface area contributed by atoms with Gasteiger partial charge in [0.15, 0.2) is 0 Å². The zero-order valence-electron chi connectivity index (χ0n) is 7.79. The van der Waals surface area contributed by atoms with Gasteiger partial charge in [-0.1, -0.05) is 12.6 Å². The van der Waals surface area contributed by atoms with E-state index in [2.05, 4.69) is 35.6 Å². The molecule has 1 rings (SSSR count). The number of thiocarbonyl (C=S) groups is 1. The molecule has 82 valence electrons. The molecule has 0 saturated carbocycles. The lowest BCUT2D eigenvalue weighted by Crippen LogP contribution is -2.12. The molecule has 7 heteroatoms. The molecular formula is C8H11N3O2S2. The van der Waals surface area contributed by atoms with E-state index >= 15 is 0 Å². The quantitative estimate of drug-likeness (QED) is 0.530. The molecule has 0 unspecified atom stereocenters. The van der Waals surface area contributed by atoms with Gasteiger partial charge in [0.2, 0.25) is 0 Å². The van der Waals surface area contributed by atoms with Crippen LogP contribution in [0, 0.1) is 0 Å². The standard InChI is InChI=1S/C7H8N2OS.CH3NOS/c8-7(11)10-5-6-1-3-9-4-2-6;2-1(3)4/h1-4H,5H2,(H2,8,11);(H3,2,3,4). The smallest absolute Gasteiger partial charge is 0.273 e. The summed E-state index contributed by atoms with van der Waals surface area (Å²) in [5.41, 5.74) is 10.5. The summed E-state index contributed by atoms with van der Waals surface area (Å²) in [6.07, 6.45) is 3.39. The molecule has 0 spiro atoms. The minimum absolute atomic E-state index is 0.0711. The molecule has 0 aliphatic rings. The Morgan fingerprint density at radius 2 is 1.93 bits per heavy atom. The van der Waals surface area contributed by atoms with Crippen molar-refractivity contribution in [3.8, 4) is 0 Å². The van der Waals surface area contributed by atoms with E-state index in [9.17, 15) is 0 Å². The second-order valence-corrected chi connectivity index (χ2v) is 3.14. The first kappa shape index (κ1) is 13.7. The Morgan fingerprint density at radius 1 is 1.47 bits per heavy atom. The number of rotatable bonds is 2. The maximum atomic E-state index is 9.09. The normalized spacial score (nSPS) is 8.33. The molecule has 1 aromatic rings. The van der Waals surface area contributed by atoms with Gasteiger partial charge in [-0.3, -0.25) is 9.78 Å². The molecule has 0 radical (unpaired) electrons. The van der Waals surface area contributed by atoms with Crippen LogP contribution in [-0.2, 0) is 11.3 Å². The summed E-state index contributed by atoms with van der Waals surface area (Å²) in [6, 6.07) is 3.69. The zero-order valence-corrected chi connectivity index (χ0v) is 9.50. The number of hydrogen-bond donors (Lipinski definition) is 3. The molecule has 0 aliphatic heterocycles. The van der Waals surface area contributed by atoms with Crippen LogP contribution in [0.3, 0.4) is 0 Å². The van der Waals surface area contributed by atoms with E-state index in [4.69, 9.17) is 15.3 Å². The number of thiol groups is 1. The first-order valence-corrected chi connectivity index (χ1v) is 4.67. The molecule has 0 bridgehead atoms. The first-order chi connectivity index (χ1) is 7.02. The van der Waals surface area contributed by atoms with Crippen LogP contribution in [0.2, 0.25) is 0 Å². The van der Waals surface area contributed by atoms with Crippen molar-refractivity contribution >= 4 is 35.3 Å². The monoisotopic (exact) mass is 245 g/mol. The summed E-state index contributed by atoms with van der Waals surface area (Å²) >= 11 is 7.64. The van der Waals surface area contributed by atoms with Gasteiger partial charge in [0.05, 0.1) is 0 Å². The van der Waals surface area contributed by atoms with Gasteiger partial charge in [-0.05, 0) is 29.9 Å². The molecule has 1 heterocycles. The van der Waals surface area contributed by atoms with E-state index in [1.807, 2.05) is 12.1 Å². The predicted molar refractivity (Wildman–Crippen MR) is 64.4 cm³/mol. The van der Waals surface area contributed by atoms with Crippen LogP contribution < -0.4 is 11.5 Å². The summed E-state index contributed by atoms with van der Waals surface area (Å²) in [7, 11) is 0. The highest BCUT2D eigenvalue weighted by molar-refractivity contribution is 7.96. The van der Waals surface area contributed by atoms with Crippen molar-refractivity contribution in [2.75, 3.05) is 0 Å². The average Bonchev–Trinajstić information content (AvgIpc) is 2.15. The molecule has 0 atom stereocenters. The highest BCUT2D eigenvalue weighted by Gasteiger charge is 1.91. The van der Waals surface area contributed by atoms with Gasteiger partial charge >= 0.3 is 0 Å². The van der Waals surface area contributed by atoms with Crippen molar-refractivity contribution in [1.29, 1.82) is 0 Å². The van der Waals surface area contributed by atoms with E-state index in [0.29, 0.717) is 6.61 Å². The third-order valence-electron chi connectivity index (χ3n) is 1.13. The number of carbonyl (C=O) groups is 1. The number of carbonyl (C=O) groups excluding carboxylic acids is 1. The molecule has 0 aliphatic carbocycles. The van der Waals surface area contributed by atoms with Gasteiger partial charge in [0.1, 0.15) is 6.61 Å². The van der Waals surface area contributed by atoms with Crippen LogP contribution in [0.5, 0.6) is 0 Å². The van der Waals surface area contributed by atoms with Crippen LogP contribution in [-0.4, -0.2) is 15.4 Å². The molecule has 5 nitrogen and oxygen atoms in total. The van der Waals surface area contributed by atoms with E-state index in [1.54, 1.807) is 12.4 Å². The third-order valence-corrected chi connectivity index (χ3v) is 1.25. The summed E-state index contributed by atoms with van der Waals surface area (Å²) in [6.45, 7) is 0.415. The Labute approximate surface area is 98.2 Å². The van der Waals surface area contributed by atoms with E-state index in [1.165, 1.54) is 0 Å². The lowest BCUT2D eigenvalue weighted by atomic mass is 10.3. The third kappa shape index (κ3) is 10.6. The maximum absolute atomic E-state index is 9.09. The van der Waals surface area contributed by atoms with E-state index in [0.717, 1.165) is 5.56 Å². The molecule has 1 amide bonds. The van der Waals surface area contributed by atoms with E-state index < -0.39 is 5.24 Å². The fourth-order valence-corrected chi connectivity index (χ4v) is 0.692. The number of pyridine rings is 1. The van der Waals surface area contributed by atoms with Crippen LogP contribution >= 0.6 is 24.8 Å². The van der Waals surface area contributed by atoms with E-state index in [-0.39, 0.29) is 5.17 Å². The van der Waals surface area contributed by atoms with Gasteiger partial charge in [-0.15, -0.1) is 0 Å². The summed E-state index contributed by atoms with van der Waals surface area (Å²) in [4.78, 5) is 12.9. The van der Waals surface area contributed by atoms with Gasteiger partial charge in [-0.25, -0.2) is 0 Å². The topological polar surface area (TPSA) is 91.2 Å². The first-order valence-electron chi connectivity index (χ1n) is 3.82. The van der Waals surface area contributed by atoms with Crippen LogP contribution in [0.4, 0.5) is 4.79 Å². The predicted octanol–water partition coefficient (Wildman–Crippen LogP) is 0.837. The van der Waals surface area contributed by atoms with Crippen LogP contribution in [0.15, 0.2) is 24.5 Å². The van der Waals surface area contributed by atoms with Gasteiger partial charge in [0.25, 0.3) is 10.4 Å². The molecular weight excluding hydrogens is 234 g/mol. The van der Waals surface area contributed by atoms with Crippen LogP contribution in [0.1, 0.15) is 5.56 Å². The molecule has 1 aromatic heterocycles. The Bertz CT molecular complexity index is 315. The Hall–Kier alpha value is -1.34.